The van der Waals surface area contributed by atoms with E-state index >= 15 is 0 Å². The van der Waals surface area contributed by atoms with Gasteiger partial charge in [0.1, 0.15) is 5.60 Å². The number of alkyl carbamates (subject to hydrolysis) is 1. The summed E-state index contributed by atoms with van der Waals surface area (Å²) in [4.78, 5) is 22.4. The van der Waals surface area contributed by atoms with Crippen LogP contribution in [0.25, 0.3) is 0 Å². The predicted octanol–water partition coefficient (Wildman–Crippen LogP) is 1.98. The van der Waals surface area contributed by atoms with E-state index in [1.165, 1.54) is 6.20 Å². The Morgan fingerprint density at radius 1 is 1.31 bits per heavy atom. The van der Waals surface area contributed by atoms with Gasteiger partial charge >= 0.3 is 12.1 Å². The van der Waals surface area contributed by atoms with Gasteiger partial charge < -0.3 is 9.47 Å². The van der Waals surface area contributed by atoms with Gasteiger partial charge in [0.15, 0.2) is 0 Å². The van der Waals surface area contributed by atoms with Gasteiger partial charge in [-0.05, 0) is 34.6 Å². The molecule has 0 spiro atoms. The van der Waals surface area contributed by atoms with Crippen molar-refractivity contribution in [1.29, 1.82) is 0 Å². The minimum absolute atomic E-state index is 0.302. The number of carbonyl (C=O) groups is 2. The lowest BCUT2D eigenvalue weighted by Crippen LogP contribution is -2.30. The number of ether oxygens (including phenoxy) is 2. The highest BCUT2D eigenvalue weighted by Crippen LogP contribution is 2.06. The lowest BCUT2D eigenvalue weighted by atomic mass is 10.2. The van der Waals surface area contributed by atoms with Crippen LogP contribution in [0, 0.1) is 0 Å². The van der Waals surface area contributed by atoms with Crippen LogP contribution in [0.3, 0.4) is 0 Å². The van der Waals surface area contributed by atoms with Gasteiger partial charge in [-0.15, -0.1) is 0 Å². The molecule has 92 valence electrons. The van der Waals surface area contributed by atoms with Crippen LogP contribution >= 0.6 is 0 Å². The molecule has 0 saturated carbocycles. The Labute approximate surface area is 95.8 Å². The lowest BCUT2D eigenvalue weighted by Gasteiger charge is -2.18. The van der Waals surface area contributed by atoms with Gasteiger partial charge in [0.25, 0.3) is 0 Å². The maximum Gasteiger partial charge on any atom is 0.411 e. The van der Waals surface area contributed by atoms with Crippen LogP contribution in [0.4, 0.5) is 4.79 Å². The predicted molar refractivity (Wildman–Crippen MR) is 59.8 cm³/mol. The highest BCUT2D eigenvalue weighted by Gasteiger charge is 2.15. The van der Waals surface area contributed by atoms with Crippen molar-refractivity contribution in [2.45, 2.75) is 40.2 Å². The zero-order valence-electron chi connectivity index (χ0n) is 10.4. The number of nitrogens with one attached hydrogen (secondary N) is 1. The second-order valence-electron chi connectivity index (χ2n) is 4.19. The summed E-state index contributed by atoms with van der Waals surface area (Å²) in [5.74, 6) is -0.460. The van der Waals surface area contributed by atoms with Crippen molar-refractivity contribution in [2.75, 3.05) is 6.61 Å². The number of amides is 1. The summed E-state index contributed by atoms with van der Waals surface area (Å²) in [6.07, 6.45) is 0.669. The van der Waals surface area contributed by atoms with Crippen molar-refractivity contribution in [2.24, 2.45) is 0 Å². The molecule has 1 amide bonds. The summed E-state index contributed by atoms with van der Waals surface area (Å²) >= 11 is 0. The second-order valence-corrected chi connectivity index (χ2v) is 4.19. The Morgan fingerprint density at radius 2 is 1.88 bits per heavy atom. The summed E-state index contributed by atoms with van der Waals surface area (Å²) in [6, 6.07) is 0. The molecule has 16 heavy (non-hydrogen) atoms. The molecule has 0 aromatic rings. The fourth-order valence-corrected chi connectivity index (χ4v) is 0.779. The van der Waals surface area contributed by atoms with Crippen molar-refractivity contribution in [3.63, 3.8) is 0 Å². The van der Waals surface area contributed by atoms with Crippen LogP contribution in [0.15, 0.2) is 11.8 Å². The summed E-state index contributed by atoms with van der Waals surface area (Å²) in [5, 5.41) is 2.35. The molecule has 0 aliphatic rings. The molecule has 0 aromatic carbocycles. The van der Waals surface area contributed by atoms with Gasteiger partial charge in [0, 0.05) is 6.20 Å². The molecule has 1 N–H and O–H groups in total. The van der Waals surface area contributed by atoms with Crippen LogP contribution in [0.1, 0.15) is 34.6 Å². The average molecular weight is 229 g/mol. The quantitative estimate of drug-likeness (QED) is 0.593. The molecule has 5 heteroatoms. The number of hydrogen-bond donors (Lipinski definition) is 1. The van der Waals surface area contributed by atoms with E-state index in [0.29, 0.717) is 12.2 Å². The standard InChI is InChI=1S/C11H19NO4/c1-6-15-9(13)8(2)7-12-10(14)16-11(3,4)5/h7H,6H2,1-5H3,(H,12,14)/b8-7+. The molecule has 0 aliphatic heterocycles. The molecular formula is C11H19NO4. The average Bonchev–Trinajstić information content (AvgIpc) is 2.11. The van der Waals surface area contributed by atoms with Gasteiger partial charge in [-0.3, -0.25) is 5.32 Å². The number of rotatable bonds is 3. The summed E-state index contributed by atoms with van der Waals surface area (Å²) in [7, 11) is 0. The van der Waals surface area contributed by atoms with E-state index in [1.54, 1.807) is 34.6 Å². The first-order valence-corrected chi connectivity index (χ1v) is 5.09. The van der Waals surface area contributed by atoms with E-state index in [2.05, 4.69) is 5.32 Å². The van der Waals surface area contributed by atoms with Crippen LogP contribution in [-0.4, -0.2) is 24.3 Å². The summed E-state index contributed by atoms with van der Waals surface area (Å²) < 4.78 is 9.72. The van der Waals surface area contributed by atoms with Gasteiger partial charge in [-0.25, -0.2) is 9.59 Å². The van der Waals surface area contributed by atoms with Crippen molar-refractivity contribution in [3.8, 4) is 0 Å². The third-order valence-corrected chi connectivity index (χ3v) is 1.40. The van der Waals surface area contributed by atoms with Gasteiger partial charge in [0.05, 0.1) is 12.2 Å². The Bertz CT molecular complexity index is 289. The molecule has 0 bridgehead atoms. The smallest absolute Gasteiger partial charge is 0.411 e. The molecule has 0 rings (SSSR count). The molecule has 0 aliphatic carbocycles. The number of carbonyl (C=O) groups excluding carboxylic acids is 2. The first-order chi connectivity index (χ1) is 7.26. The van der Waals surface area contributed by atoms with Crippen LogP contribution in [-0.2, 0) is 14.3 Å². The maximum absolute atomic E-state index is 11.2. The van der Waals surface area contributed by atoms with E-state index in [4.69, 9.17) is 9.47 Å². The molecular weight excluding hydrogens is 210 g/mol. The molecule has 0 unspecified atom stereocenters. The van der Waals surface area contributed by atoms with Crippen LogP contribution < -0.4 is 5.32 Å². The minimum Gasteiger partial charge on any atom is -0.463 e. The first kappa shape index (κ1) is 14.5. The van der Waals surface area contributed by atoms with E-state index in [9.17, 15) is 9.59 Å². The maximum atomic E-state index is 11.2. The van der Waals surface area contributed by atoms with Gasteiger partial charge in [-0.2, -0.15) is 0 Å². The lowest BCUT2D eigenvalue weighted by molar-refractivity contribution is -0.138. The van der Waals surface area contributed by atoms with Crippen molar-refractivity contribution < 1.29 is 19.1 Å². The van der Waals surface area contributed by atoms with E-state index < -0.39 is 17.7 Å². The SMILES string of the molecule is CCOC(=O)/C(C)=C/NC(=O)OC(C)(C)C. The highest BCUT2D eigenvalue weighted by molar-refractivity contribution is 5.88. The Hall–Kier alpha value is -1.52. The zero-order chi connectivity index (χ0) is 12.8. The Balaban J connectivity index is 4.17. The zero-order valence-corrected chi connectivity index (χ0v) is 10.4. The van der Waals surface area contributed by atoms with Gasteiger partial charge in [-0.1, -0.05) is 0 Å². The van der Waals surface area contributed by atoms with Crippen molar-refractivity contribution >= 4 is 12.1 Å². The fourth-order valence-electron chi connectivity index (χ4n) is 0.779. The third kappa shape index (κ3) is 6.86. The fraction of sp³-hybridized carbons (Fsp3) is 0.636. The topological polar surface area (TPSA) is 64.6 Å². The van der Waals surface area contributed by atoms with Gasteiger partial charge in [0.2, 0.25) is 0 Å². The Kier molecular flexibility index (Phi) is 5.56. The number of hydrogen-bond acceptors (Lipinski definition) is 4. The normalized spacial score (nSPS) is 11.9. The Morgan fingerprint density at radius 3 is 2.31 bits per heavy atom. The minimum atomic E-state index is -0.601. The first-order valence-electron chi connectivity index (χ1n) is 5.09. The largest absolute Gasteiger partial charge is 0.463 e. The molecule has 0 saturated heterocycles. The molecule has 0 radical (unpaired) electrons. The molecule has 0 aromatic heterocycles. The molecule has 0 heterocycles. The molecule has 5 nitrogen and oxygen atoms in total. The monoisotopic (exact) mass is 229 g/mol. The van der Waals surface area contributed by atoms with E-state index in [1.807, 2.05) is 0 Å². The molecule has 0 fully saturated rings. The highest BCUT2D eigenvalue weighted by atomic mass is 16.6. The summed E-state index contributed by atoms with van der Waals surface area (Å²) in [5.41, 5.74) is -0.247. The van der Waals surface area contributed by atoms with Crippen LogP contribution in [0.2, 0.25) is 0 Å². The van der Waals surface area contributed by atoms with Crippen molar-refractivity contribution in [3.05, 3.63) is 11.8 Å². The van der Waals surface area contributed by atoms with Crippen molar-refractivity contribution in [1.82, 2.24) is 5.32 Å². The van der Waals surface area contributed by atoms with E-state index in [0.717, 1.165) is 0 Å². The number of esters is 1. The second kappa shape index (κ2) is 6.15. The summed E-state index contributed by atoms with van der Waals surface area (Å²) in [6.45, 7) is 8.84. The third-order valence-electron chi connectivity index (χ3n) is 1.40. The van der Waals surface area contributed by atoms with Crippen LogP contribution in [0.5, 0.6) is 0 Å². The molecule has 0 atom stereocenters. The van der Waals surface area contributed by atoms with E-state index in [-0.39, 0.29) is 0 Å².